The van der Waals surface area contributed by atoms with Crippen LogP contribution in [-0.4, -0.2) is 86.1 Å². The topological polar surface area (TPSA) is 159 Å². The molecule has 0 aromatic heterocycles. The smallest absolute Gasteiger partial charge is 0.338 e. The van der Waals surface area contributed by atoms with Crippen LogP contribution in [0.5, 0.6) is 0 Å². The number of esters is 3. The lowest BCUT2D eigenvalue weighted by atomic mass is 9.88. The van der Waals surface area contributed by atoms with Crippen LogP contribution in [0.1, 0.15) is 37.6 Å². The summed E-state index contributed by atoms with van der Waals surface area (Å²) >= 11 is -2.46. The van der Waals surface area contributed by atoms with E-state index in [0.717, 1.165) is 0 Å². The van der Waals surface area contributed by atoms with Crippen molar-refractivity contribution in [2.75, 3.05) is 64.2 Å². The first kappa shape index (κ1) is 34.9. The minimum atomic E-state index is -2.46. The van der Waals surface area contributed by atoms with E-state index in [4.69, 9.17) is 28.4 Å². The van der Waals surface area contributed by atoms with Crippen LogP contribution < -0.4 is 4.72 Å². The van der Waals surface area contributed by atoms with Crippen molar-refractivity contribution >= 4 is 34.9 Å². The summed E-state index contributed by atoms with van der Waals surface area (Å²) in [7, 11) is 0. The fourth-order valence-corrected chi connectivity index (χ4v) is 3.31. The molecule has 1 atom stereocenters. The molecule has 0 amide bonds. The quantitative estimate of drug-likeness (QED) is 0.0744. The molecule has 1 aromatic rings. The van der Waals surface area contributed by atoms with E-state index in [9.17, 15) is 23.1 Å². The van der Waals surface area contributed by atoms with Gasteiger partial charge in [-0.25, -0.2) is 14.4 Å². The van der Waals surface area contributed by atoms with Crippen molar-refractivity contribution in [2.45, 2.75) is 27.2 Å². The molecule has 0 fully saturated rings. The third-order valence-electron chi connectivity index (χ3n) is 5.38. The van der Waals surface area contributed by atoms with Crippen molar-refractivity contribution < 1.29 is 51.6 Å². The Morgan fingerprint density at radius 1 is 0.800 bits per heavy atom. The van der Waals surface area contributed by atoms with Crippen LogP contribution in [0.2, 0.25) is 0 Å². The summed E-state index contributed by atoms with van der Waals surface area (Å²) in [6, 6.07) is 5.77. The molecule has 1 rings (SSSR count). The molecule has 12 nitrogen and oxygen atoms in total. The number of carbonyl (C=O) groups excluding carboxylic acids is 3. The summed E-state index contributed by atoms with van der Waals surface area (Å²) in [6.45, 7) is 13.3. The van der Waals surface area contributed by atoms with Gasteiger partial charge < -0.3 is 37.7 Å². The second-order valence-corrected chi connectivity index (χ2v) is 9.57. The standard InChI is InChI=1S/C27H39NO11S/c1-6-27(17-34-11-14-37-24(29)20(2)3,18-35-12-15-38-25(30)21(4)5)19-36-13-16-39-26(31)22-7-9-23(10-8-22)28-40(32)33/h7-10,28H,2,4,6,11-19H2,1,3,5H3,(H,32,33)/p-1. The number of carbonyl (C=O) groups is 3. The first-order valence-electron chi connectivity index (χ1n) is 12.5. The van der Waals surface area contributed by atoms with Gasteiger partial charge in [0.1, 0.15) is 19.8 Å². The van der Waals surface area contributed by atoms with Gasteiger partial charge in [-0.1, -0.05) is 20.1 Å². The molecule has 0 bridgehead atoms. The zero-order valence-corrected chi connectivity index (χ0v) is 24.0. The predicted molar refractivity (Wildman–Crippen MR) is 146 cm³/mol. The van der Waals surface area contributed by atoms with Crippen LogP contribution in [0.4, 0.5) is 5.69 Å². The molecule has 1 unspecified atom stereocenters. The van der Waals surface area contributed by atoms with E-state index in [1.165, 1.54) is 24.3 Å². The lowest BCUT2D eigenvalue weighted by Crippen LogP contribution is -2.38. The number of hydrogen-bond acceptors (Lipinski definition) is 11. The summed E-state index contributed by atoms with van der Waals surface area (Å²) < 4.78 is 56.1. The zero-order chi connectivity index (χ0) is 30.0. The molecular weight excluding hydrogens is 546 g/mol. The van der Waals surface area contributed by atoms with E-state index in [0.29, 0.717) is 23.3 Å². The molecule has 0 saturated carbocycles. The molecular formula is C27H38NO11S-. The summed E-state index contributed by atoms with van der Waals surface area (Å²) in [4.78, 5) is 35.3. The molecule has 0 radical (unpaired) electrons. The van der Waals surface area contributed by atoms with Crippen LogP contribution >= 0.6 is 0 Å². The average molecular weight is 585 g/mol. The second kappa shape index (κ2) is 19.1. The zero-order valence-electron chi connectivity index (χ0n) is 23.2. The Morgan fingerprint density at radius 3 is 1.60 bits per heavy atom. The molecule has 0 saturated heterocycles. The van der Waals surface area contributed by atoms with Crippen LogP contribution in [0.15, 0.2) is 48.6 Å². The maximum absolute atomic E-state index is 12.2. The SMILES string of the molecule is C=C(C)C(=O)OCCOCC(CC)(COCCOC(=O)C(=C)C)COCCOC(=O)c1ccc(NS(=O)[O-])cc1. The molecule has 0 aliphatic carbocycles. The Bertz CT molecular complexity index is 974. The van der Waals surface area contributed by atoms with E-state index >= 15 is 0 Å². The van der Waals surface area contributed by atoms with Gasteiger partial charge in [0.15, 0.2) is 0 Å². The number of benzene rings is 1. The highest BCUT2D eigenvalue weighted by atomic mass is 32.2. The first-order chi connectivity index (χ1) is 19.0. The van der Waals surface area contributed by atoms with E-state index < -0.39 is 34.6 Å². The lowest BCUT2D eigenvalue weighted by Gasteiger charge is -2.32. The van der Waals surface area contributed by atoms with Gasteiger partial charge in [-0.2, -0.15) is 0 Å². The van der Waals surface area contributed by atoms with E-state index in [-0.39, 0.29) is 65.0 Å². The Labute approximate surface area is 237 Å². The Kier molecular flexibility index (Phi) is 16.6. The Hall–Kier alpha value is -3.10. The molecule has 0 aliphatic heterocycles. The van der Waals surface area contributed by atoms with Crippen LogP contribution in [0.3, 0.4) is 0 Å². The molecule has 13 heteroatoms. The number of ether oxygens (including phenoxy) is 6. The van der Waals surface area contributed by atoms with Gasteiger partial charge in [-0.05, 0) is 44.5 Å². The summed E-state index contributed by atoms with van der Waals surface area (Å²) in [5.41, 5.74) is 0.584. The molecule has 1 N–H and O–H groups in total. The number of rotatable bonds is 21. The number of hydrogen-bond donors (Lipinski definition) is 1. The van der Waals surface area contributed by atoms with Crippen molar-refractivity contribution in [3.05, 3.63) is 54.1 Å². The lowest BCUT2D eigenvalue weighted by molar-refractivity contribution is -0.142. The van der Waals surface area contributed by atoms with E-state index in [1.807, 2.05) is 6.92 Å². The normalized spacial score (nSPS) is 11.8. The minimum Gasteiger partial charge on any atom is -0.755 e. The maximum atomic E-state index is 12.2. The monoisotopic (exact) mass is 584 g/mol. The van der Waals surface area contributed by atoms with Gasteiger partial charge in [0, 0.05) is 33.5 Å². The summed E-state index contributed by atoms with van der Waals surface area (Å²) in [6.07, 6.45) is 0.610. The van der Waals surface area contributed by atoms with Crippen LogP contribution in [0, 0.1) is 5.41 Å². The summed E-state index contributed by atoms with van der Waals surface area (Å²) in [5, 5.41) is 0. The van der Waals surface area contributed by atoms with Crippen molar-refractivity contribution in [3.63, 3.8) is 0 Å². The highest BCUT2D eigenvalue weighted by Gasteiger charge is 2.30. The highest BCUT2D eigenvalue weighted by molar-refractivity contribution is 7.80. The largest absolute Gasteiger partial charge is 0.755 e. The van der Waals surface area contributed by atoms with Gasteiger partial charge in [-0.15, -0.1) is 0 Å². The molecule has 40 heavy (non-hydrogen) atoms. The Morgan fingerprint density at radius 2 is 1.23 bits per heavy atom. The predicted octanol–water partition coefficient (Wildman–Crippen LogP) is 2.73. The molecule has 0 heterocycles. The molecule has 224 valence electrons. The maximum Gasteiger partial charge on any atom is 0.338 e. The van der Waals surface area contributed by atoms with Gasteiger partial charge in [0.2, 0.25) is 0 Å². The molecule has 0 spiro atoms. The minimum absolute atomic E-state index is 0.0152. The van der Waals surface area contributed by atoms with E-state index in [1.54, 1.807) is 13.8 Å². The van der Waals surface area contributed by atoms with Crippen molar-refractivity contribution in [1.29, 1.82) is 0 Å². The highest BCUT2D eigenvalue weighted by Crippen LogP contribution is 2.24. The van der Waals surface area contributed by atoms with Crippen LogP contribution in [0.25, 0.3) is 0 Å². The second-order valence-electron chi connectivity index (χ2n) is 8.89. The van der Waals surface area contributed by atoms with Crippen molar-refractivity contribution in [3.8, 4) is 0 Å². The Balaban J connectivity index is 2.56. The molecule has 0 aliphatic rings. The average Bonchev–Trinajstić information content (AvgIpc) is 2.91. The third kappa shape index (κ3) is 14.3. The fourth-order valence-electron chi connectivity index (χ4n) is 2.98. The van der Waals surface area contributed by atoms with Gasteiger partial charge >= 0.3 is 17.9 Å². The van der Waals surface area contributed by atoms with Gasteiger partial charge in [0.05, 0.1) is 45.2 Å². The number of nitrogens with one attached hydrogen (secondary N) is 1. The van der Waals surface area contributed by atoms with Gasteiger partial charge in [0.25, 0.3) is 0 Å². The third-order valence-corrected chi connectivity index (χ3v) is 5.78. The van der Waals surface area contributed by atoms with E-state index in [2.05, 4.69) is 17.9 Å². The number of anilines is 1. The molecule has 1 aromatic carbocycles. The summed E-state index contributed by atoms with van der Waals surface area (Å²) in [5.74, 6) is -1.58. The fraction of sp³-hybridized carbons (Fsp3) is 0.519. The first-order valence-corrected chi connectivity index (χ1v) is 13.6. The van der Waals surface area contributed by atoms with Crippen LogP contribution in [-0.2, 0) is 49.3 Å². The van der Waals surface area contributed by atoms with Crippen molar-refractivity contribution in [1.82, 2.24) is 0 Å². The van der Waals surface area contributed by atoms with Crippen molar-refractivity contribution in [2.24, 2.45) is 5.41 Å². The van der Waals surface area contributed by atoms with Gasteiger partial charge in [-0.3, -0.25) is 4.21 Å².